The molecular formula is C46H33N3O. The van der Waals surface area contributed by atoms with E-state index in [-0.39, 0.29) is 12.0 Å². The summed E-state index contributed by atoms with van der Waals surface area (Å²) >= 11 is 0. The topological polar surface area (TPSA) is 46.3 Å². The van der Waals surface area contributed by atoms with E-state index in [4.69, 9.17) is 14.7 Å². The Morgan fingerprint density at radius 2 is 1.24 bits per heavy atom. The number of fused-ring (bicyclic) bond motifs is 9. The zero-order chi connectivity index (χ0) is 33.4. The highest BCUT2D eigenvalue weighted by molar-refractivity contribution is 6.25. The first kappa shape index (κ1) is 29.7. The quantitative estimate of drug-likeness (QED) is 0.105. The first-order valence-electron chi connectivity index (χ1n) is 17.0. The van der Waals surface area contributed by atoms with Gasteiger partial charge in [-0.1, -0.05) is 146 Å². The van der Waals surface area contributed by atoms with E-state index in [1.165, 1.54) is 37.9 Å². The summed E-state index contributed by atoms with van der Waals surface area (Å²) in [5.74, 6) is 2.10. The number of aliphatic imine (C=N–C) groups is 3. The van der Waals surface area contributed by atoms with Gasteiger partial charge in [0.05, 0.1) is 6.54 Å². The molecule has 9 rings (SSSR count). The van der Waals surface area contributed by atoms with Crippen molar-refractivity contribution in [2.75, 3.05) is 0 Å². The largest absolute Gasteiger partial charge is 0.485 e. The zero-order valence-electron chi connectivity index (χ0n) is 27.4. The highest BCUT2D eigenvalue weighted by atomic mass is 16.5. The van der Waals surface area contributed by atoms with Crippen LogP contribution in [-0.4, -0.2) is 24.5 Å². The van der Waals surface area contributed by atoms with Gasteiger partial charge in [0.1, 0.15) is 11.9 Å². The molecule has 0 saturated heterocycles. The average Bonchev–Trinajstić information content (AvgIpc) is 3.56. The van der Waals surface area contributed by atoms with E-state index in [9.17, 15) is 0 Å². The smallest absolute Gasteiger partial charge is 0.161 e. The van der Waals surface area contributed by atoms with Crippen LogP contribution in [0.15, 0.2) is 179 Å². The molecule has 1 heterocycles. The van der Waals surface area contributed by atoms with Crippen LogP contribution in [0, 0.1) is 0 Å². The Kier molecular flexibility index (Phi) is 7.47. The molecule has 0 radical (unpaired) electrons. The molecule has 2 aliphatic rings. The van der Waals surface area contributed by atoms with Crippen LogP contribution in [0.2, 0.25) is 0 Å². The standard InChI is InChI=1S/C46H33N3O/c1-47-45(31-14-6-3-7-15-31)49-46(48-29-30-12-4-2-5-13-30)34-22-25-41-40-24-21-33(27-43(40)50-44(41)28-34)32-20-23-39-37-18-9-8-16-35(37)36-17-10-11-19-38(36)42(39)26-32/h2-28,40,43H,1,29H2/b48-46-,49-45-. The van der Waals surface area contributed by atoms with Crippen molar-refractivity contribution in [2.45, 2.75) is 18.6 Å². The molecule has 2 unspecified atom stereocenters. The second-order valence-electron chi connectivity index (χ2n) is 12.8. The van der Waals surface area contributed by atoms with Gasteiger partial charge >= 0.3 is 0 Å². The summed E-state index contributed by atoms with van der Waals surface area (Å²) in [6, 6.07) is 50.7. The number of benzene rings is 7. The van der Waals surface area contributed by atoms with Crippen molar-refractivity contribution in [1.82, 2.24) is 0 Å². The van der Waals surface area contributed by atoms with Crippen LogP contribution in [0.25, 0.3) is 37.9 Å². The van der Waals surface area contributed by atoms with Crippen molar-refractivity contribution in [3.63, 3.8) is 0 Å². The Balaban J connectivity index is 1.06. The highest BCUT2D eigenvalue weighted by Crippen LogP contribution is 2.44. The third-order valence-electron chi connectivity index (χ3n) is 9.80. The molecule has 0 saturated carbocycles. The fourth-order valence-corrected chi connectivity index (χ4v) is 7.34. The van der Waals surface area contributed by atoms with Crippen molar-refractivity contribution in [1.29, 1.82) is 0 Å². The lowest BCUT2D eigenvalue weighted by Gasteiger charge is -2.19. The molecule has 238 valence electrons. The van der Waals surface area contributed by atoms with Crippen molar-refractivity contribution in [3.05, 3.63) is 192 Å². The molecule has 0 N–H and O–H groups in total. The van der Waals surface area contributed by atoms with Gasteiger partial charge in [0.2, 0.25) is 0 Å². The number of nitrogens with zero attached hydrogens (tertiary/aromatic N) is 3. The molecule has 50 heavy (non-hydrogen) atoms. The Bertz CT molecular complexity index is 2530. The SMILES string of the molecule is C=N/C(=N\C(=N/Cc1ccccc1)c1ccc2c(c1)OC1C=C(c3ccc4c5ccccc5c5ccccc5c4c3)C=CC21)c1ccccc1. The summed E-state index contributed by atoms with van der Waals surface area (Å²) in [6.07, 6.45) is 6.70. The number of allylic oxidation sites excluding steroid dienone is 2. The molecule has 1 aliphatic heterocycles. The van der Waals surface area contributed by atoms with E-state index in [0.717, 1.165) is 33.6 Å². The summed E-state index contributed by atoms with van der Waals surface area (Å²) in [4.78, 5) is 14.2. The fraction of sp³-hybridized carbons (Fsp3) is 0.0652. The second kappa shape index (κ2) is 12.6. The number of rotatable bonds is 5. The number of amidine groups is 2. The second-order valence-corrected chi connectivity index (χ2v) is 12.8. The molecule has 7 aromatic carbocycles. The van der Waals surface area contributed by atoms with Crippen molar-refractivity contribution < 1.29 is 4.74 Å². The van der Waals surface area contributed by atoms with Crippen LogP contribution in [-0.2, 0) is 6.54 Å². The molecule has 4 heteroatoms. The third-order valence-corrected chi connectivity index (χ3v) is 9.80. The Hall–Kier alpha value is -6.39. The predicted molar refractivity (Wildman–Crippen MR) is 209 cm³/mol. The van der Waals surface area contributed by atoms with Crippen molar-refractivity contribution >= 4 is 56.3 Å². The number of hydrogen-bond acceptors (Lipinski definition) is 2. The third kappa shape index (κ3) is 5.32. The summed E-state index contributed by atoms with van der Waals surface area (Å²) < 4.78 is 6.68. The minimum atomic E-state index is -0.104. The molecule has 4 nitrogen and oxygen atoms in total. The normalized spacial score (nSPS) is 17.0. The van der Waals surface area contributed by atoms with Gasteiger partial charge in [-0.15, -0.1) is 0 Å². The monoisotopic (exact) mass is 643 g/mol. The molecule has 0 fully saturated rings. The maximum atomic E-state index is 6.68. The minimum absolute atomic E-state index is 0.104. The number of hydrogen-bond donors (Lipinski definition) is 0. The molecule has 2 atom stereocenters. The first-order valence-corrected chi connectivity index (χ1v) is 17.0. The lowest BCUT2D eigenvalue weighted by Crippen LogP contribution is -2.17. The van der Waals surface area contributed by atoms with Gasteiger partial charge in [0, 0.05) is 22.6 Å². The molecular weight excluding hydrogens is 611 g/mol. The summed E-state index contributed by atoms with van der Waals surface area (Å²) in [6.45, 7) is 4.31. The van der Waals surface area contributed by atoms with Crippen LogP contribution >= 0.6 is 0 Å². The van der Waals surface area contributed by atoms with Gasteiger partial charge in [0.15, 0.2) is 11.7 Å². The van der Waals surface area contributed by atoms with E-state index in [1.807, 2.05) is 48.5 Å². The van der Waals surface area contributed by atoms with E-state index in [0.29, 0.717) is 18.2 Å². The van der Waals surface area contributed by atoms with Crippen LogP contribution in [0.1, 0.15) is 33.7 Å². The van der Waals surface area contributed by atoms with E-state index in [1.54, 1.807) is 0 Å². The fourth-order valence-electron chi connectivity index (χ4n) is 7.34. The molecule has 7 aromatic rings. The lowest BCUT2D eigenvalue weighted by atomic mass is 9.86. The number of ether oxygens (including phenoxy) is 1. The van der Waals surface area contributed by atoms with Gasteiger partial charge in [-0.25, -0.2) is 9.98 Å². The summed E-state index contributed by atoms with van der Waals surface area (Å²) in [5, 5.41) is 7.65. The average molecular weight is 644 g/mol. The zero-order valence-corrected chi connectivity index (χ0v) is 27.4. The maximum Gasteiger partial charge on any atom is 0.161 e. The maximum absolute atomic E-state index is 6.68. The minimum Gasteiger partial charge on any atom is -0.485 e. The van der Waals surface area contributed by atoms with Gasteiger partial charge in [-0.05, 0) is 73.9 Å². The van der Waals surface area contributed by atoms with Gasteiger partial charge in [-0.2, -0.15) is 0 Å². The molecule has 0 aromatic heterocycles. The van der Waals surface area contributed by atoms with Crippen LogP contribution in [0.4, 0.5) is 0 Å². The van der Waals surface area contributed by atoms with Gasteiger partial charge in [0.25, 0.3) is 0 Å². The van der Waals surface area contributed by atoms with Crippen LogP contribution < -0.4 is 4.74 Å². The van der Waals surface area contributed by atoms with Gasteiger partial charge in [-0.3, -0.25) is 4.99 Å². The van der Waals surface area contributed by atoms with E-state index < -0.39 is 0 Å². The first-order chi connectivity index (χ1) is 24.7. The Labute approximate surface area is 291 Å². The molecule has 0 bridgehead atoms. The summed E-state index contributed by atoms with van der Waals surface area (Å²) in [7, 11) is 0. The predicted octanol–water partition coefficient (Wildman–Crippen LogP) is 10.7. The molecule has 0 spiro atoms. The van der Waals surface area contributed by atoms with E-state index >= 15 is 0 Å². The molecule has 0 amide bonds. The summed E-state index contributed by atoms with van der Waals surface area (Å²) in [5.41, 5.74) is 6.38. The van der Waals surface area contributed by atoms with E-state index in [2.05, 4.69) is 127 Å². The van der Waals surface area contributed by atoms with Crippen molar-refractivity contribution in [3.8, 4) is 5.75 Å². The van der Waals surface area contributed by atoms with Gasteiger partial charge < -0.3 is 4.74 Å². The Morgan fingerprint density at radius 3 is 1.94 bits per heavy atom. The van der Waals surface area contributed by atoms with Crippen LogP contribution in [0.3, 0.4) is 0 Å². The molecule has 1 aliphatic carbocycles. The van der Waals surface area contributed by atoms with Crippen LogP contribution in [0.5, 0.6) is 5.75 Å². The van der Waals surface area contributed by atoms with Crippen molar-refractivity contribution in [2.24, 2.45) is 15.0 Å². The lowest BCUT2D eigenvalue weighted by molar-refractivity contribution is 0.269. The highest BCUT2D eigenvalue weighted by Gasteiger charge is 2.34. The Morgan fingerprint density at radius 1 is 0.600 bits per heavy atom.